The third-order valence-corrected chi connectivity index (χ3v) is 12.1. The number of pyridine rings is 2. The van der Waals surface area contributed by atoms with Gasteiger partial charge in [0.15, 0.2) is 0 Å². The molecule has 0 radical (unpaired) electrons. The van der Waals surface area contributed by atoms with Crippen LogP contribution in [0, 0.1) is 5.82 Å². The topological polar surface area (TPSA) is 30.7 Å². The molecule has 0 amide bonds. The van der Waals surface area contributed by atoms with Crippen molar-refractivity contribution in [1.82, 2.24) is 14.5 Å². The minimum absolute atomic E-state index is 0.273. The predicted molar refractivity (Wildman–Crippen MR) is 248 cm³/mol. The lowest BCUT2D eigenvalue weighted by Gasteiger charge is -2.19. The molecule has 0 saturated carbocycles. The van der Waals surface area contributed by atoms with E-state index in [0.29, 0.717) is 0 Å². The summed E-state index contributed by atoms with van der Waals surface area (Å²) in [5.74, 6) is -0.273. The van der Waals surface area contributed by atoms with Crippen molar-refractivity contribution in [2.45, 2.75) is 0 Å². The lowest BCUT2D eigenvalue weighted by atomic mass is 9.84. The highest BCUT2D eigenvalue weighted by molar-refractivity contribution is 6.22. The fraction of sp³-hybridized carbons (Fsp3) is 0. The number of benzene rings is 9. The summed E-state index contributed by atoms with van der Waals surface area (Å²) in [4.78, 5) is 9.59. The molecule has 0 aliphatic rings. The van der Waals surface area contributed by atoms with E-state index in [-0.39, 0.29) is 5.82 Å². The molecule has 3 heterocycles. The van der Waals surface area contributed by atoms with Crippen LogP contribution in [0.3, 0.4) is 0 Å². The quantitative estimate of drug-likeness (QED) is 0.163. The Kier molecular flexibility index (Phi) is 7.72. The summed E-state index contributed by atoms with van der Waals surface area (Å²) >= 11 is 0. The van der Waals surface area contributed by atoms with Crippen LogP contribution in [0.1, 0.15) is 0 Å². The number of fused-ring (bicyclic) bond motifs is 7. The predicted octanol–water partition coefficient (Wildman–Crippen LogP) is 15.0. The van der Waals surface area contributed by atoms with E-state index in [0.717, 1.165) is 50.0 Å². The van der Waals surface area contributed by atoms with E-state index in [1.54, 1.807) is 12.3 Å². The van der Waals surface area contributed by atoms with Gasteiger partial charge < -0.3 is 4.57 Å². The number of rotatable bonds is 5. The standard InChI is InChI=1S/C56H34FN3/c57-44-23-28-52-50(33-44)56-53(14-7-29-58-56)60(52)45-24-19-37(20-25-45)51-27-22-43(34-59-51)40-21-26-48-49(32-40)55(42-18-16-36-9-2-4-11-39(36)31-42)47-13-6-5-12-46(47)54(48)41-17-15-35-8-1-3-10-38(35)30-41/h1-34H. The van der Waals surface area contributed by atoms with Gasteiger partial charge in [-0.05, 0) is 138 Å². The fourth-order valence-electron chi connectivity index (χ4n) is 9.27. The Morgan fingerprint density at radius 2 is 0.967 bits per heavy atom. The Balaban J connectivity index is 0.982. The number of nitrogens with zero attached hydrogens (tertiary/aromatic N) is 3. The minimum Gasteiger partial charge on any atom is -0.308 e. The van der Waals surface area contributed by atoms with Crippen LogP contribution in [-0.4, -0.2) is 14.5 Å². The Morgan fingerprint density at radius 1 is 0.367 bits per heavy atom. The zero-order valence-corrected chi connectivity index (χ0v) is 32.3. The van der Waals surface area contributed by atoms with E-state index in [9.17, 15) is 4.39 Å². The van der Waals surface area contributed by atoms with Gasteiger partial charge in [-0.3, -0.25) is 9.97 Å². The Hall–Kier alpha value is -7.95. The van der Waals surface area contributed by atoms with Gasteiger partial charge in [-0.15, -0.1) is 0 Å². The monoisotopic (exact) mass is 767 g/mol. The van der Waals surface area contributed by atoms with Gasteiger partial charge in [-0.25, -0.2) is 4.39 Å². The van der Waals surface area contributed by atoms with Crippen molar-refractivity contribution in [3.05, 3.63) is 212 Å². The smallest absolute Gasteiger partial charge is 0.124 e. The number of hydrogen-bond donors (Lipinski definition) is 0. The van der Waals surface area contributed by atoms with Gasteiger partial charge in [0.2, 0.25) is 0 Å². The highest BCUT2D eigenvalue weighted by Crippen LogP contribution is 2.46. The number of aromatic nitrogens is 3. The summed E-state index contributed by atoms with van der Waals surface area (Å²) in [6.07, 6.45) is 3.74. The average molecular weight is 768 g/mol. The van der Waals surface area contributed by atoms with Crippen LogP contribution in [0.5, 0.6) is 0 Å². The first-order chi connectivity index (χ1) is 29.6. The third-order valence-electron chi connectivity index (χ3n) is 12.1. The zero-order valence-electron chi connectivity index (χ0n) is 32.3. The molecule has 0 spiro atoms. The second kappa shape index (κ2) is 13.6. The molecule has 4 heteroatoms. The van der Waals surface area contributed by atoms with Gasteiger partial charge in [0.05, 0.1) is 22.2 Å². The molecule has 0 aliphatic carbocycles. The fourth-order valence-corrected chi connectivity index (χ4v) is 9.27. The van der Waals surface area contributed by atoms with Crippen LogP contribution in [0.25, 0.3) is 115 Å². The molecule has 12 aromatic rings. The molecule has 9 aromatic carbocycles. The second-order valence-corrected chi connectivity index (χ2v) is 15.5. The first kappa shape index (κ1) is 34.1. The highest BCUT2D eigenvalue weighted by Gasteiger charge is 2.19. The van der Waals surface area contributed by atoms with Crippen molar-refractivity contribution in [2.24, 2.45) is 0 Å². The van der Waals surface area contributed by atoms with Crippen LogP contribution >= 0.6 is 0 Å². The molecule has 0 fully saturated rings. The van der Waals surface area contributed by atoms with E-state index in [1.807, 2.05) is 24.4 Å². The Morgan fingerprint density at radius 3 is 1.65 bits per heavy atom. The van der Waals surface area contributed by atoms with E-state index in [4.69, 9.17) is 4.98 Å². The average Bonchev–Trinajstić information content (AvgIpc) is 3.63. The molecule has 0 N–H and O–H groups in total. The van der Waals surface area contributed by atoms with Gasteiger partial charge in [-0.2, -0.15) is 0 Å². The van der Waals surface area contributed by atoms with Gasteiger partial charge in [0.25, 0.3) is 0 Å². The van der Waals surface area contributed by atoms with Crippen molar-refractivity contribution in [1.29, 1.82) is 0 Å². The maximum atomic E-state index is 14.3. The number of halogens is 1. The lowest BCUT2D eigenvalue weighted by Crippen LogP contribution is -1.94. The van der Waals surface area contributed by atoms with Crippen molar-refractivity contribution < 1.29 is 4.39 Å². The lowest BCUT2D eigenvalue weighted by molar-refractivity contribution is 0.629. The van der Waals surface area contributed by atoms with Crippen LogP contribution < -0.4 is 0 Å². The molecule has 60 heavy (non-hydrogen) atoms. The van der Waals surface area contributed by atoms with Crippen molar-refractivity contribution in [3.8, 4) is 50.3 Å². The second-order valence-electron chi connectivity index (χ2n) is 15.5. The third kappa shape index (κ3) is 5.49. The van der Waals surface area contributed by atoms with Crippen LogP contribution in [0.2, 0.25) is 0 Å². The zero-order chi connectivity index (χ0) is 39.7. The molecule has 12 rings (SSSR count). The van der Waals surface area contributed by atoms with Gasteiger partial charge in [-0.1, -0.05) is 127 Å². The van der Waals surface area contributed by atoms with Crippen molar-refractivity contribution in [3.63, 3.8) is 0 Å². The Labute approximate surface area is 345 Å². The van der Waals surface area contributed by atoms with Crippen LogP contribution in [-0.2, 0) is 0 Å². The van der Waals surface area contributed by atoms with E-state index in [1.165, 1.54) is 71.4 Å². The summed E-state index contributed by atoms with van der Waals surface area (Å²) in [5.41, 5.74) is 12.5. The summed E-state index contributed by atoms with van der Waals surface area (Å²) in [6.45, 7) is 0. The van der Waals surface area contributed by atoms with Gasteiger partial charge >= 0.3 is 0 Å². The highest BCUT2D eigenvalue weighted by atomic mass is 19.1. The summed E-state index contributed by atoms with van der Waals surface area (Å²) in [6, 6.07) is 68.1. The molecule has 0 unspecified atom stereocenters. The van der Waals surface area contributed by atoms with E-state index >= 15 is 0 Å². The van der Waals surface area contributed by atoms with Crippen molar-refractivity contribution >= 4 is 65.0 Å². The molecule has 0 saturated heterocycles. The van der Waals surface area contributed by atoms with Crippen LogP contribution in [0.15, 0.2) is 207 Å². The molecule has 3 nitrogen and oxygen atoms in total. The molecular weight excluding hydrogens is 734 g/mol. The minimum atomic E-state index is -0.273. The molecule has 3 aromatic heterocycles. The van der Waals surface area contributed by atoms with Crippen LogP contribution in [0.4, 0.5) is 4.39 Å². The molecule has 0 atom stereocenters. The molecule has 0 aliphatic heterocycles. The largest absolute Gasteiger partial charge is 0.308 e. The van der Waals surface area contributed by atoms with Gasteiger partial charge in [0.1, 0.15) is 5.82 Å². The summed E-state index contributed by atoms with van der Waals surface area (Å²) in [5, 5.41) is 10.6. The first-order valence-electron chi connectivity index (χ1n) is 20.2. The molecule has 280 valence electrons. The number of hydrogen-bond acceptors (Lipinski definition) is 2. The maximum Gasteiger partial charge on any atom is 0.124 e. The summed E-state index contributed by atoms with van der Waals surface area (Å²) < 4.78 is 16.4. The maximum absolute atomic E-state index is 14.3. The van der Waals surface area contributed by atoms with E-state index in [2.05, 4.69) is 173 Å². The van der Waals surface area contributed by atoms with Crippen molar-refractivity contribution in [2.75, 3.05) is 0 Å². The first-order valence-corrected chi connectivity index (χ1v) is 20.2. The normalized spacial score (nSPS) is 11.8. The SMILES string of the molecule is Fc1ccc2c(c1)c1ncccc1n2-c1ccc(-c2ccc(-c3ccc4c(-c5ccc6ccccc6c5)c5ccccc5c(-c5ccc6ccccc6c5)c4c3)cn2)cc1. The summed E-state index contributed by atoms with van der Waals surface area (Å²) in [7, 11) is 0. The van der Waals surface area contributed by atoms with E-state index < -0.39 is 0 Å². The Bertz CT molecular complexity index is 3660. The molecule has 0 bridgehead atoms. The molecular formula is C56H34FN3. The van der Waals surface area contributed by atoms with Gasteiger partial charge in [0, 0.05) is 34.6 Å².